The van der Waals surface area contributed by atoms with Gasteiger partial charge in [-0.3, -0.25) is 9.59 Å². The van der Waals surface area contributed by atoms with Gasteiger partial charge in [-0.1, -0.05) is 22.0 Å². The van der Waals surface area contributed by atoms with E-state index in [4.69, 9.17) is 0 Å². The lowest BCUT2D eigenvalue weighted by Gasteiger charge is -2.22. The third kappa shape index (κ3) is 4.14. The minimum Gasteiger partial charge on any atom is -0.355 e. The standard InChI is InChI=1S/C13H17BrN2O2/c1-9-4-5-12(8-13(9)14)16(11(3)18)7-6-15-10(2)17/h4-5,8H,6-7H2,1-3H3,(H,15,17). The third-order valence-electron chi connectivity index (χ3n) is 2.56. The Morgan fingerprint density at radius 2 is 2.00 bits per heavy atom. The highest BCUT2D eigenvalue weighted by molar-refractivity contribution is 9.10. The Kier molecular flexibility index (Phi) is 5.34. The molecule has 0 saturated heterocycles. The molecular formula is C13H17BrN2O2. The van der Waals surface area contributed by atoms with Crippen LogP contribution in [0.5, 0.6) is 0 Å². The van der Waals surface area contributed by atoms with Gasteiger partial charge in [-0.15, -0.1) is 0 Å². The number of nitrogens with zero attached hydrogens (tertiary/aromatic N) is 1. The summed E-state index contributed by atoms with van der Waals surface area (Å²) in [4.78, 5) is 24.1. The zero-order valence-corrected chi connectivity index (χ0v) is 12.4. The lowest BCUT2D eigenvalue weighted by Crippen LogP contribution is -2.36. The van der Waals surface area contributed by atoms with E-state index in [1.165, 1.54) is 13.8 Å². The van der Waals surface area contributed by atoms with Crippen molar-refractivity contribution < 1.29 is 9.59 Å². The molecule has 0 radical (unpaired) electrons. The Morgan fingerprint density at radius 3 is 2.50 bits per heavy atom. The smallest absolute Gasteiger partial charge is 0.223 e. The van der Waals surface area contributed by atoms with Gasteiger partial charge in [-0.05, 0) is 24.6 Å². The summed E-state index contributed by atoms with van der Waals surface area (Å²) in [6, 6.07) is 5.76. The molecule has 0 bridgehead atoms. The average molecular weight is 313 g/mol. The fraction of sp³-hybridized carbons (Fsp3) is 0.385. The van der Waals surface area contributed by atoms with Crippen LogP contribution in [0.25, 0.3) is 0 Å². The number of amides is 2. The molecule has 1 N–H and O–H groups in total. The Labute approximate surface area is 115 Å². The van der Waals surface area contributed by atoms with Gasteiger partial charge in [0.05, 0.1) is 0 Å². The van der Waals surface area contributed by atoms with E-state index in [0.717, 1.165) is 15.7 Å². The highest BCUT2D eigenvalue weighted by Crippen LogP contribution is 2.23. The molecule has 0 aliphatic carbocycles. The number of rotatable bonds is 4. The molecule has 2 amide bonds. The molecule has 0 unspecified atom stereocenters. The van der Waals surface area contributed by atoms with Gasteiger partial charge in [-0.2, -0.15) is 0 Å². The topological polar surface area (TPSA) is 49.4 Å². The van der Waals surface area contributed by atoms with Crippen molar-refractivity contribution in [2.45, 2.75) is 20.8 Å². The largest absolute Gasteiger partial charge is 0.355 e. The molecule has 18 heavy (non-hydrogen) atoms. The monoisotopic (exact) mass is 312 g/mol. The first-order chi connectivity index (χ1) is 8.41. The summed E-state index contributed by atoms with van der Waals surface area (Å²) in [5.74, 6) is -0.139. The molecule has 1 aromatic carbocycles. The number of benzene rings is 1. The maximum absolute atomic E-state index is 11.6. The Balaban J connectivity index is 2.80. The molecule has 1 aromatic rings. The number of aryl methyl sites for hydroxylation is 1. The van der Waals surface area contributed by atoms with Crippen LogP contribution in [0, 0.1) is 6.92 Å². The van der Waals surface area contributed by atoms with E-state index in [-0.39, 0.29) is 11.8 Å². The number of nitrogens with one attached hydrogen (secondary N) is 1. The molecule has 0 heterocycles. The van der Waals surface area contributed by atoms with Crippen molar-refractivity contribution in [2.75, 3.05) is 18.0 Å². The van der Waals surface area contributed by atoms with Gasteiger partial charge < -0.3 is 10.2 Å². The van der Waals surface area contributed by atoms with Crippen molar-refractivity contribution in [3.63, 3.8) is 0 Å². The van der Waals surface area contributed by atoms with E-state index in [0.29, 0.717) is 13.1 Å². The van der Waals surface area contributed by atoms with Gasteiger partial charge in [0.1, 0.15) is 0 Å². The van der Waals surface area contributed by atoms with Crippen molar-refractivity contribution in [1.29, 1.82) is 0 Å². The number of halogens is 1. The van der Waals surface area contributed by atoms with Crippen molar-refractivity contribution in [2.24, 2.45) is 0 Å². The van der Waals surface area contributed by atoms with Crippen LogP contribution in [0.2, 0.25) is 0 Å². The lowest BCUT2D eigenvalue weighted by atomic mass is 10.2. The second-order valence-electron chi connectivity index (χ2n) is 4.09. The minimum absolute atomic E-state index is 0.0453. The first-order valence-electron chi connectivity index (χ1n) is 5.70. The molecule has 0 aromatic heterocycles. The fourth-order valence-corrected chi connectivity index (χ4v) is 1.93. The van der Waals surface area contributed by atoms with Crippen LogP contribution in [0.3, 0.4) is 0 Å². The summed E-state index contributed by atoms with van der Waals surface area (Å²) in [6.07, 6.45) is 0. The SMILES string of the molecule is CC(=O)NCCN(C(C)=O)c1ccc(C)c(Br)c1. The van der Waals surface area contributed by atoms with Gasteiger partial charge in [0.2, 0.25) is 11.8 Å². The van der Waals surface area contributed by atoms with Crippen LogP contribution in [0.4, 0.5) is 5.69 Å². The van der Waals surface area contributed by atoms with Crippen molar-refractivity contribution in [1.82, 2.24) is 5.32 Å². The van der Waals surface area contributed by atoms with Crippen molar-refractivity contribution >= 4 is 33.4 Å². The zero-order chi connectivity index (χ0) is 13.7. The van der Waals surface area contributed by atoms with Gasteiger partial charge in [-0.25, -0.2) is 0 Å². The fourth-order valence-electron chi connectivity index (χ4n) is 1.56. The maximum Gasteiger partial charge on any atom is 0.223 e. The summed E-state index contributed by atoms with van der Waals surface area (Å²) in [5, 5.41) is 2.68. The first kappa shape index (κ1) is 14.7. The zero-order valence-electron chi connectivity index (χ0n) is 10.8. The van der Waals surface area contributed by atoms with Crippen molar-refractivity contribution in [3.05, 3.63) is 28.2 Å². The number of carbonyl (C=O) groups is 2. The molecule has 4 nitrogen and oxygen atoms in total. The average Bonchev–Trinajstić information content (AvgIpc) is 2.27. The molecule has 0 saturated carbocycles. The van der Waals surface area contributed by atoms with Gasteiger partial charge in [0.25, 0.3) is 0 Å². The van der Waals surface area contributed by atoms with Crippen LogP contribution in [0.1, 0.15) is 19.4 Å². The number of anilines is 1. The van der Waals surface area contributed by atoms with Crippen LogP contribution >= 0.6 is 15.9 Å². The lowest BCUT2D eigenvalue weighted by molar-refractivity contribution is -0.119. The van der Waals surface area contributed by atoms with E-state index >= 15 is 0 Å². The second-order valence-corrected chi connectivity index (χ2v) is 4.94. The van der Waals surface area contributed by atoms with Crippen LogP contribution in [-0.2, 0) is 9.59 Å². The van der Waals surface area contributed by atoms with E-state index in [1.54, 1.807) is 4.90 Å². The molecule has 0 fully saturated rings. The van der Waals surface area contributed by atoms with E-state index in [2.05, 4.69) is 21.2 Å². The molecule has 0 atom stereocenters. The molecule has 1 rings (SSSR count). The van der Waals surface area contributed by atoms with Gasteiger partial charge in [0.15, 0.2) is 0 Å². The first-order valence-corrected chi connectivity index (χ1v) is 6.50. The Bertz CT molecular complexity index is 460. The summed E-state index contributed by atoms with van der Waals surface area (Å²) in [7, 11) is 0. The molecular weight excluding hydrogens is 296 g/mol. The summed E-state index contributed by atoms with van der Waals surface area (Å²) >= 11 is 3.45. The second kappa shape index (κ2) is 6.54. The number of carbonyl (C=O) groups excluding carboxylic acids is 2. The normalized spacial score (nSPS) is 10.0. The molecule has 0 aliphatic heterocycles. The minimum atomic E-state index is -0.0939. The highest BCUT2D eigenvalue weighted by Gasteiger charge is 2.12. The van der Waals surface area contributed by atoms with E-state index in [9.17, 15) is 9.59 Å². The summed E-state index contributed by atoms with van der Waals surface area (Å²) in [6.45, 7) is 5.87. The maximum atomic E-state index is 11.6. The van der Waals surface area contributed by atoms with E-state index in [1.807, 2.05) is 25.1 Å². The van der Waals surface area contributed by atoms with E-state index < -0.39 is 0 Å². The Morgan fingerprint density at radius 1 is 1.33 bits per heavy atom. The Hall–Kier alpha value is -1.36. The summed E-state index contributed by atoms with van der Waals surface area (Å²) < 4.78 is 0.964. The predicted octanol–water partition coefficient (Wildman–Crippen LogP) is 2.25. The number of hydrogen-bond acceptors (Lipinski definition) is 2. The molecule has 98 valence electrons. The van der Waals surface area contributed by atoms with Crippen LogP contribution < -0.4 is 10.2 Å². The van der Waals surface area contributed by atoms with Crippen LogP contribution in [-0.4, -0.2) is 24.9 Å². The highest BCUT2D eigenvalue weighted by atomic mass is 79.9. The summed E-state index contributed by atoms with van der Waals surface area (Å²) in [5.41, 5.74) is 1.94. The molecule has 5 heteroatoms. The van der Waals surface area contributed by atoms with Crippen LogP contribution in [0.15, 0.2) is 22.7 Å². The third-order valence-corrected chi connectivity index (χ3v) is 3.41. The molecule has 0 spiro atoms. The number of hydrogen-bond donors (Lipinski definition) is 1. The predicted molar refractivity (Wildman–Crippen MR) is 75.6 cm³/mol. The van der Waals surface area contributed by atoms with Gasteiger partial charge >= 0.3 is 0 Å². The molecule has 0 aliphatic rings. The van der Waals surface area contributed by atoms with Gasteiger partial charge in [0, 0.05) is 37.1 Å². The van der Waals surface area contributed by atoms with Crippen molar-refractivity contribution in [3.8, 4) is 0 Å². The quantitative estimate of drug-likeness (QED) is 0.927.